The lowest BCUT2D eigenvalue weighted by molar-refractivity contribution is -0.00298. The van der Waals surface area contributed by atoms with Crippen LogP contribution in [0.15, 0.2) is 24.7 Å². The van der Waals surface area contributed by atoms with E-state index in [0.717, 1.165) is 18.5 Å². The normalized spacial score (nSPS) is 22.2. The van der Waals surface area contributed by atoms with Crippen LogP contribution in [-0.4, -0.2) is 28.1 Å². The highest BCUT2D eigenvalue weighted by atomic mass is 35.5. The highest BCUT2D eigenvalue weighted by Crippen LogP contribution is 2.28. The molecule has 1 saturated heterocycles. The molecule has 3 heterocycles. The first-order valence-corrected chi connectivity index (χ1v) is 7.97. The van der Waals surface area contributed by atoms with Crippen LogP contribution in [0.25, 0.3) is 0 Å². The van der Waals surface area contributed by atoms with Gasteiger partial charge in [0.25, 0.3) is 5.91 Å². The van der Waals surface area contributed by atoms with Gasteiger partial charge in [0.1, 0.15) is 6.10 Å². The lowest BCUT2D eigenvalue weighted by Crippen LogP contribution is -2.39. The van der Waals surface area contributed by atoms with Crippen LogP contribution in [0, 0.1) is 0 Å². The number of ether oxygens (including phenoxy) is 1. The van der Waals surface area contributed by atoms with Gasteiger partial charge in [-0.25, -0.2) is 4.98 Å². The van der Waals surface area contributed by atoms with Crippen molar-refractivity contribution >= 4 is 28.8 Å². The number of carbonyl (C=O) groups is 1. The molecule has 0 aromatic carbocycles. The van der Waals surface area contributed by atoms with Gasteiger partial charge in [-0.05, 0) is 25.0 Å². The van der Waals surface area contributed by atoms with Crippen molar-refractivity contribution in [2.24, 2.45) is 7.05 Å². The fourth-order valence-corrected chi connectivity index (χ4v) is 3.45. The number of thiophene rings is 1. The third kappa shape index (κ3) is 3.28. The van der Waals surface area contributed by atoms with Gasteiger partial charge < -0.3 is 14.6 Å². The molecular weight excluding hydrogens is 310 g/mol. The summed E-state index contributed by atoms with van der Waals surface area (Å²) in [6.45, 7) is 0.631. The van der Waals surface area contributed by atoms with E-state index in [9.17, 15) is 4.79 Å². The molecule has 1 fully saturated rings. The van der Waals surface area contributed by atoms with Crippen molar-refractivity contribution in [1.29, 1.82) is 0 Å². The van der Waals surface area contributed by atoms with Crippen molar-refractivity contribution in [3.8, 4) is 0 Å². The van der Waals surface area contributed by atoms with Crippen LogP contribution >= 0.6 is 22.9 Å². The molecule has 0 spiro atoms. The van der Waals surface area contributed by atoms with E-state index in [1.54, 1.807) is 18.5 Å². The summed E-state index contributed by atoms with van der Waals surface area (Å²) in [7, 11) is 1.95. The summed E-state index contributed by atoms with van der Waals surface area (Å²) in [5.41, 5.74) is 1.04. The van der Waals surface area contributed by atoms with E-state index in [0.29, 0.717) is 15.8 Å². The first kappa shape index (κ1) is 14.6. The number of nitrogens with zero attached hydrogens (tertiary/aromatic N) is 2. The summed E-state index contributed by atoms with van der Waals surface area (Å²) in [5, 5.41) is 3.06. The Morgan fingerprint density at radius 1 is 1.57 bits per heavy atom. The molecule has 112 valence electrons. The van der Waals surface area contributed by atoms with Gasteiger partial charge in [-0.2, -0.15) is 0 Å². The number of rotatable bonds is 3. The maximum absolute atomic E-state index is 12.2. The second-order valence-corrected chi connectivity index (χ2v) is 6.80. The Hall–Kier alpha value is -1.37. The van der Waals surface area contributed by atoms with Gasteiger partial charge in [0.15, 0.2) is 0 Å². The molecule has 0 bridgehead atoms. The van der Waals surface area contributed by atoms with E-state index in [4.69, 9.17) is 16.3 Å². The van der Waals surface area contributed by atoms with E-state index in [1.807, 2.05) is 17.8 Å². The SMILES string of the molecule is Cn1cncc1[C@H]1C[C@H](NC(=O)c2ccc(Cl)s2)CCO1. The minimum atomic E-state index is -0.0671. The number of aromatic nitrogens is 2. The third-order valence-electron chi connectivity index (χ3n) is 3.60. The molecule has 0 aliphatic carbocycles. The third-order valence-corrected chi connectivity index (χ3v) is 4.83. The molecule has 1 aliphatic rings. The van der Waals surface area contributed by atoms with E-state index < -0.39 is 0 Å². The monoisotopic (exact) mass is 325 g/mol. The fourth-order valence-electron chi connectivity index (χ4n) is 2.50. The highest BCUT2D eigenvalue weighted by Gasteiger charge is 2.27. The largest absolute Gasteiger partial charge is 0.372 e. The van der Waals surface area contributed by atoms with Crippen molar-refractivity contribution in [2.75, 3.05) is 6.61 Å². The zero-order valence-corrected chi connectivity index (χ0v) is 13.2. The van der Waals surface area contributed by atoms with E-state index >= 15 is 0 Å². The standard InChI is InChI=1S/C14H16ClN3O2S/c1-18-8-16-7-10(18)11-6-9(4-5-20-11)17-14(19)12-2-3-13(15)21-12/h2-3,7-9,11H,4-6H2,1H3,(H,17,19)/t9-,11-/m1/s1. The summed E-state index contributed by atoms with van der Waals surface area (Å²) in [4.78, 5) is 16.9. The van der Waals surface area contributed by atoms with Gasteiger partial charge in [-0.3, -0.25) is 4.79 Å². The van der Waals surface area contributed by atoms with Gasteiger partial charge in [0.05, 0.1) is 27.4 Å². The summed E-state index contributed by atoms with van der Waals surface area (Å²) >= 11 is 7.16. The maximum Gasteiger partial charge on any atom is 0.261 e. The van der Waals surface area contributed by atoms with Crippen LogP contribution in [-0.2, 0) is 11.8 Å². The summed E-state index contributed by atoms with van der Waals surface area (Å²) < 4.78 is 8.37. The number of hydrogen-bond acceptors (Lipinski definition) is 4. The topological polar surface area (TPSA) is 56.2 Å². The molecular formula is C14H16ClN3O2S. The summed E-state index contributed by atoms with van der Waals surface area (Å²) in [6.07, 6.45) is 5.12. The smallest absolute Gasteiger partial charge is 0.261 e. The average Bonchev–Trinajstić information content (AvgIpc) is 3.08. The van der Waals surface area contributed by atoms with Crippen molar-refractivity contribution in [1.82, 2.24) is 14.9 Å². The first-order valence-electron chi connectivity index (χ1n) is 6.77. The zero-order valence-electron chi connectivity index (χ0n) is 11.6. The number of nitrogens with one attached hydrogen (secondary N) is 1. The number of halogens is 1. The quantitative estimate of drug-likeness (QED) is 0.944. The molecule has 0 unspecified atom stereocenters. The molecule has 0 radical (unpaired) electrons. The van der Waals surface area contributed by atoms with E-state index in [1.165, 1.54) is 11.3 Å². The minimum Gasteiger partial charge on any atom is -0.372 e. The van der Waals surface area contributed by atoms with Gasteiger partial charge >= 0.3 is 0 Å². The predicted octanol–water partition coefficient (Wildman–Crippen LogP) is 2.79. The van der Waals surface area contributed by atoms with Gasteiger partial charge in [0.2, 0.25) is 0 Å². The molecule has 1 amide bonds. The van der Waals surface area contributed by atoms with Crippen molar-refractivity contribution in [2.45, 2.75) is 25.0 Å². The number of carbonyl (C=O) groups excluding carboxylic acids is 1. The molecule has 21 heavy (non-hydrogen) atoms. The van der Waals surface area contributed by atoms with Crippen LogP contribution < -0.4 is 5.32 Å². The Labute approximate surface area is 131 Å². The van der Waals surface area contributed by atoms with Crippen LogP contribution in [0.5, 0.6) is 0 Å². The second kappa shape index (κ2) is 6.17. The molecule has 3 rings (SSSR count). The van der Waals surface area contributed by atoms with E-state index in [-0.39, 0.29) is 18.1 Å². The maximum atomic E-state index is 12.2. The molecule has 2 aromatic rings. The van der Waals surface area contributed by atoms with Gasteiger partial charge in [-0.1, -0.05) is 11.6 Å². The van der Waals surface area contributed by atoms with Crippen LogP contribution in [0.4, 0.5) is 0 Å². The van der Waals surface area contributed by atoms with Crippen LogP contribution in [0.1, 0.15) is 34.3 Å². The zero-order chi connectivity index (χ0) is 14.8. The van der Waals surface area contributed by atoms with Gasteiger partial charge in [0, 0.05) is 19.7 Å². The molecule has 1 aliphatic heterocycles. The Morgan fingerprint density at radius 3 is 3.10 bits per heavy atom. The van der Waals surface area contributed by atoms with Crippen LogP contribution in [0.2, 0.25) is 4.34 Å². The number of amides is 1. The highest BCUT2D eigenvalue weighted by molar-refractivity contribution is 7.17. The summed E-state index contributed by atoms with van der Waals surface area (Å²) in [6, 6.07) is 3.59. The number of aryl methyl sites for hydroxylation is 1. The molecule has 5 nitrogen and oxygen atoms in total. The van der Waals surface area contributed by atoms with Crippen LogP contribution in [0.3, 0.4) is 0 Å². The second-order valence-electron chi connectivity index (χ2n) is 5.09. The Bertz CT molecular complexity index is 640. The average molecular weight is 326 g/mol. The van der Waals surface area contributed by atoms with Crippen molar-refractivity contribution < 1.29 is 9.53 Å². The molecule has 2 aromatic heterocycles. The lowest BCUT2D eigenvalue weighted by atomic mass is 10.0. The molecule has 7 heteroatoms. The first-order chi connectivity index (χ1) is 10.1. The van der Waals surface area contributed by atoms with E-state index in [2.05, 4.69) is 10.3 Å². The molecule has 0 saturated carbocycles. The minimum absolute atomic E-state index is 0.0246. The van der Waals surface area contributed by atoms with Gasteiger partial charge in [-0.15, -0.1) is 11.3 Å². The lowest BCUT2D eigenvalue weighted by Gasteiger charge is -2.30. The Morgan fingerprint density at radius 2 is 2.43 bits per heavy atom. The molecule has 2 atom stereocenters. The Balaban J connectivity index is 1.64. The summed E-state index contributed by atoms with van der Waals surface area (Å²) in [5.74, 6) is -0.0671. The fraction of sp³-hybridized carbons (Fsp3) is 0.429. The Kier molecular flexibility index (Phi) is 4.28. The number of hydrogen-bond donors (Lipinski definition) is 1. The predicted molar refractivity (Wildman–Crippen MR) is 81.7 cm³/mol. The van der Waals surface area contributed by atoms with Crippen molar-refractivity contribution in [3.63, 3.8) is 0 Å². The molecule has 1 N–H and O–H groups in total. The number of imidazole rings is 1. The van der Waals surface area contributed by atoms with Crippen molar-refractivity contribution in [3.05, 3.63) is 39.6 Å².